The monoisotopic (exact) mass is 274 g/mol. The zero-order valence-electron chi connectivity index (χ0n) is 10.6. The topological polar surface area (TPSA) is 0 Å². The van der Waals surface area contributed by atoms with Crippen molar-refractivity contribution in [3.63, 3.8) is 0 Å². The molecule has 0 aromatic carbocycles. The summed E-state index contributed by atoms with van der Waals surface area (Å²) in [5.41, 5.74) is 3.69. The minimum atomic E-state index is 0.405. The molecule has 0 bridgehead atoms. The summed E-state index contributed by atoms with van der Waals surface area (Å²) in [7, 11) is 0. The van der Waals surface area contributed by atoms with Crippen LogP contribution >= 0.6 is 22.7 Å². The lowest BCUT2D eigenvalue weighted by molar-refractivity contribution is 0.355. The van der Waals surface area contributed by atoms with E-state index in [2.05, 4.69) is 22.9 Å². The van der Waals surface area contributed by atoms with Crippen LogP contribution in [0.15, 0.2) is 22.9 Å². The van der Waals surface area contributed by atoms with Gasteiger partial charge in [-0.25, -0.2) is 0 Å². The van der Waals surface area contributed by atoms with Crippen molar-refractivity contribution in [3.05, 3.63) is 43.8 Å². The highest BCUT2D eigenvalue weighted by Gasteiger charge is 2.41. The van der Waals surface area contributed by atoms with Crippen LogP contribution in [-0.4, -0.2) is 0 Å². The smallest absolute Gasteiger partial charge is 0.0395 e. The summed E-state index contributed by atoms with van der Waals surface area (Å²) >= 11 is 4.04. The lowest BCUT2D eigenvalue weighted by Crippen LogP contribution is -2.29. The summed E-state index contributed by atoms with van der Waals surface area (Å²) < 4.78 is 0. The Labute approximate surface area is 117 Å². The second-order valence-corrected chi connectivity index (χ2v) is 7.52. The Balaban J connectivity index is 1.96. The summed E-state index contributed by atoms with van der Waals surface area (Å²) in [5, 5.41) is 4.64. The SMILES string of the molecule is c1cc2c(s1)C1(CCCCC1)c1sccc1CC2. The Morgan fingerprint density at radius 1 is 0.778 bits per heavy atom. The molecule has 0 radical (unpaired) electrons. The van der Waals surface area contributed by atoms with Gasteiger partial charge in [-0.3, -0.25) is 0 Å². The van der Waals surface area contributed by atoms with Crippen LogP contribution in [-0.2, 0) is 18.3 Å². The fourth-order valence-corrected chi connectivity index (χ4v) is 6.39. The molecule has 0 aliphatic heterocycles. The zero-order chi connectivity index (χ0) is 12.0. The molecule has 2 aromatic heterocycles. The summed E-state index contributed by atoms with van der Waals surface area (Å²) in [4.78, 5) is 3.42. The summed E-state index contributed by atoms with van der Waals surface area (Å²) in [6, 6.07) is 4.76. The van der Waals surface area contributed by atoms with Crippen LogP contribution in [0, 0.1) is 0 Å². The number of hydrogen-bond acceptors (Lipinski definition) is 2. The summed E-state index contributed by atoms with van der Waals surface area (Å²) in [5.74, 6) is 0. The van der Waals surface area contributed by atoms with E-state index in [1.165, 1.54) is 44.9 Å². The fraction of sp³-hybridized carbons (Fsp3) is 0.500. The third kappa shape index (κ3) is 1.48. The molecule has 0 atom stereocenters. The van der Waals surface area contributed by atoms with E-state index in [1.807, 2.05) is 22.7 Å². The third-order valence-electron chi connectivity index (χ3n) is 4.73. The highest BCUT2D eigenvalue weighted by atomic mass is 32.1. The first-order valence-corrected chi connectivity index (χ1v) is 8.80. The van der Waals surface area contributed by atoms with Crippen LogP contribution in [0.25, 0.3) is 0 Å². The number of thiophene rings is 2. The molecule has 94 valence electrons. The molecule has 1 saturated carbocycles. The first-order valence-electron chi connectivity index (χ1n) is 7.04. The Bertz CT molecular complexity index is 511. The molecule has 0 saturated heterocycles. The van der Waals surface area contributed by atoms with Gasteiger partial charge < -0.3 is 0 Å². The molecule has 4 rings (SSSR count). The Morgan fingerprint density at radius 3 is 1.89 bits per heavy atom. The van der Waals surface area contributed by atoms with Crippen LogP contribution in [0.4, 0.5) is 0 Å². The van der Waals surface area contributed by atoms with E-state index in [0.717, 1.165) is 0 Å². The van der Waals surface area contributed by atoms with E-state index in [0.29, 0.717) is 5.41 Å². The maximum atomic E-state index is 2.38. The predicted molar refractivity (Wildman–Crippen MR) is 79.9 cm³/mol. The van der Waals surface area contributed by atoms with Gasteiger partial charge in [0, 0.05) is 15.2 Å². The standard InChI is InChI=1S/C16H18S2/c1-2-8-16(9-3-1)14-12(6-10-17-14)4-5-13-7-11-18-15(13)16/h6-7,10-11H,1-5,8-9H2. The van der Waals surface area contributed by atoms with Crippen molar-refractivity contribution in [2.24, 2.45) is 0 Å². The van der Waals surface area contributed by atoms with Gasteiger partial charge in [0.15, 0.2) is 0 Å². The molecule has 0 nitrogen and oxygen atoms in total. The van der Waals surface area contributed by atoms with Crippen molar-refractivity contribution in [3.8, 4) is 0 Å². The average Bonchev–Trinajstić information content (AvgIpc) is 3.05. The minimum Gasteiger partial charge on any atom is -0.148 e. The molecule has 1 fully saturated rings. The van der Waals surface area contributed by atoms with Gasteiger partial charge in [-0.05, 0) is 59.7 Å². The molecule has 2 aromatic rings. The second-order valence-electron chi connectivity index (χ2n) is 5.69. The van der Waals surface area contributed by atoms with Gasteiger partial charge >= 0.3 is 0 Å². The largest absolute Gasteiger partial charge is 0.148 e. The molecular weight excluding hydrogens is 256 g/mol. The van der Waals surface area contributed by atoms with E-state index in [1.54, 1.807) is 20.9 Å². The first kappa shape index (κ1) is 11.2. The van der Waals surface area contributed by atoms with Crippen LogP contribution in [0.1, 0.15) is 53.0 Å². The second kappa shape index (κ2) is 4.21. The van der Waals surface area contributed by atoms with Gasteiger partial charge in [0.05, 0.1) is 0 Å². The van der Waals surface area contributed by atoms with Crippen molar-refractivity contribution in [2.45, 2.75) is 50.4 Å². The number of rotatable bonds is 0. The molecule has 2 heteroatoms. The van der Waals surface area contributed by atoms with Crippen LogP contribution in [0.5, 0.6) is 0 Å². The Morgan fingerprint density at radius 2 is 1.33 bits per heavy atom. The highest BCUT2D eigenvalue weighted by Crippen LogP contribution is 2.52. The molecule has 1 spiro atoms. The Kier molecular flexibility index (Phi) is 2.63. The van der Waals surface area contributed by atoms with E-state index in [9.17, 15) is 0 Å². The Hall–Kier alpha value is -0.600. The molecule has 18 heavy (non-hydrogen) atoms. The molecule has 0 unspecified atom stereocenters. The quantitative estimate of drug-likeness (QED) is 0.622. The van der Waals surface area contributed by atoms with Crippen LogP contribution in [0.3, 0.4) is 0 Å². The molecular formula is C16H18S2. The van der Waals surface area contributed by atoms with Gasteiger partial charge in [0.2, 0.25) is 0 Å². The van der Waals surface area contributed by atoms with E-state index in [-0.39, 0.29) is 0 Å². The van der Waals surface area contributed by atoms with Crippen molar-refractivity contribution in [2.75, 3.05) is 0 Å². The van der Waals surface area contributed by atoms with Gasteiger partial charge in [-0.2, -0.15) is 0 Å². The normalized spacial score (nSPS) is 21.3. The van der Waals surface area contributed by atoms with Gasteiger partial charge in [0.25, 0.3) is 0 Å². The van der Waals surface area contributed by atoms with Crippen molar-refractivity contribution < 1.29 is 0 Å². The van der Waals surface area contributed by atoms with Crippen LogP contribution < -0.4 is 0 Å². The van der Waals surface area contributed by atoms with Crippen molar-refractivity contribution in [1.82, 2.24) is 0 Å². The van der Waals surface area contributed by atoms with Crippen LogP contribution in [0.2, 0.25) is 0 Å². The molecule has 0 N–H and O–H groups in total. The third-order valence-corrected chi connectivity index (χ3v) is 7.06. The minimum absolute atomic E-state index is 0.405. The van der Waals surface area contributed by atoms with E-state index in [4.69, 9.17) is 0 Å². The maximum absolute atomic E-state index is 2.38. The fourth-order valence-electron chi connectivity index (χ4n) is 3.89. The van der Waals surface area contributed by atoms with Gasteiger partial charge in [-0.15, -0.1) is 22.7 Å². The lowest BCUT2D eigenvalue weighted by atomic mass is 9.71. The predicted octanol–water partition coefficient (Wildman–Crippen LogP) is 5.16. The van der Waals surface area contributed by atoms with Gasteiger partial charge in [0.1, 0.15) is 0 Å². The highest BCUT2D eigenvalue weighted by molar-refractivity contribution is 7.12. The first-order chi connectivity index (χ1) is 8.90. The van der Waals surface area contributed by atoms with Crippen molar-refractivity contribution >= 4 is 22.7 Å². The molecule has 2 aliphatic carbocycles. The van der Waals surface area contributed by atoms with E-state index >= 15 is 0 Å². The maximum Gasteiger partial charge on any atom is 0.0395 e. The average molecular weight is 274 g/mol. The van der Waals surface area contributed by atoms with Crippen molar-refractivity contribution in [1.29, 1.82) is 0 Å². The zero-order valence-corrected chi connectivity index (χ0v) is 12.2. The number of fused-ring (bicyclic) bond motifs is 4. The summed E-state index contributed by atoms with van der Waals surface area (Å²) in [6.07, 6.45) is 9.53. The molecule has 2 aliphatic rings. The molecule has 0 amide bonds. The van der Waals surface area contributed by atoms with E-state index < -0.39 is 0 Å². The number of aryl methyl sites for hydroxylation is 2. The molecule has 2 heterocycles. The lowest BCUT2D eigenvalue weighted by Gasteiger charge is -2.36. The number of hydrogen-bond donors (Lipinski definition) is 0. The summed E-state index contributed by atoms with van der Waals surface area (Å²) in [6.45, 7) is 0. The van der Waals surface area contributed by atoms with Gasteiger partial charge in [-0.1, -0.05) is 19.3 Å².